The number of nitrogens with one attached hydrogen (secondary N) is 1. The maximum Gasteiger partial charge on any atom is 0.254 e. The van der Waals surface area contributed by atoms with Crippen LogP contribution >= 0.6 is 0 Å². The number of benzene rings is 1. The summed E-state index contributed by atoms with van der Waals surface area (Å²) >= 11 is 0. The molecule has 5 nitrogen and oxygen atoms in total. The van der Waals surface area contributed by atoms with Crippen molar-refractivity contribution in [2.45, 2.75) is 58.4 Å². The first-order valence-electron chi connectivity index (χ1n) is 10.2. The van der Waals surface area contributed by atoms with Gasteiger partial charge >= 0.3 is 0 Å². The smallest absolute Gasteiger partial charge is 0.254 e. The molecular formula is C23H29N3O2. The molecular weight excluding hydrogens is 350 g/mol. The van der Waals surface area contributed by atoms with Crippen LogP contribution in [-0.4, -0.2) is 34.3 Å². The van der Waals surface area contributed by atoms with Crippen molar-refractivity contribution in [2.24, 2.45) is 0 Å². The molecule has 148 valence electrons. The van der Waals surface area contributed by atoms with E-state index >= 15 is 0 Å². The molecule has 1 unspecified atom stereocenters. The monoisotopic (exact) mass is 379 g/mol. The summed E-state index contributed by atoms with van der Waals surface area (Å²) in [5, 5.41) is 2.97. The molecule has 1 aromatic heterocycles. The summed E-state index contributed by atoms with van der Waals surface area (Å²) in [6.45, 7) is 4.87. The number of anilines is 1. The Morgan fingerprint density at radius 2 is 2.07 bits per heavy atom. The fourth-order valence-corrected chi connectivity index (χ4v) is 3.69. The van der Waals surface area contributed by atoms with Gasteiger partial charge in [0.25, 0.3) is 5.91 Å². The molecule has 0 radical (unpaired) electrons. The summed E-state index contributed by atoms with van der Waals surface area (Å²) in [5.41, 5.74) is 3.38. The number of amides is 2. The first-order chi connectivity index (χ1) is 13.5. The van der Waals surface area contributed by atoms with Crippen molar-refractivity contribution in [3.05, 3.63) is 59.4 Å². The third kappa shape index (κ3) is 5.18. The molecule has 0 bridgehead atoms. The van der Waals surface area contributed by atoms with E-state index in [-0.39, 0.29) is 11.8 Å². The van der Waals surface area contributed by atoms with Crippen LogP contribution < -0.4 is 5.32 Å². The van der Waals surface area contributed by atoms with Crippen molar-refractivity contribution in [3.8, 4) is 0 Å². The summed E-state index contributed by atoms with van der Waals surface area (Å²) in [5.74, 6) is 0.0753. The normalized spacial score (nSPS) is 16.6. The Morgan fingerprint density at radius 1 is 1.21 bits per heavy atom. The molecule has 1 aliphatic heterocycles. The molecule has 1 N–H and O–H groups in total. The van der Waals surface area contributed by atoms with E-state index in [2.05, 4.69) is 17.2 Å². The highest BCUT2D eigenvalue weighted by Crippen LogP contribution is 2.22. The molecule has 1 aliphatic rings. The Balaban J connectivity index is 1.54. The van der Waals surface area contributed by atoms with Gasteiger partial charge in [-0.15, -0.1) is 0 Å². The second kappa shape index (κ2) is 9.49. The fourth-order valence-electron chi connectivity index (χ4n) is 3.69. The second-order valence-electron chi connectivity index (χ2n) is 7.60. The Labute approximate surface area is 167 Å². The van der Waals surface area contributed by atoms with Crippen LogP contribution in [0, 0.1) is 6.92 Å². The number of hydrogen-bond acceptors (Lipinski definition) is 3. The van der Waals surface area contributed by atoms with Crippen molar-refractivity contribution < 1.29 is 9.59 Å². The minimum Gasteiger partial charge on any atom is -0.336 e. The van der Waals surface area contributed by atoms with Crippen molar-refractivity contribution in [1.82, 2.24) is 9.88 Å². The minimum absolute atomic E-state index is 0.0113. The molecule has 2 amide bonds. The van der Waals surface area contributed by atoms with Crippen LogP contribution in [0.15, 0.2) is 42.6 Å². The van der Waals surface area contributed by atoms with Gasteiger partial charge in [-0.2, -0.15) is 0 Å². The summed E-state index contributed by atoms with van der Waals surface area (Å²) in [7, 11) is 0. The molecule has 0 saturated carbocycles. The van der Waals surface area contributed by atoms with Gasteiger partial charge in [0.1, 0.15) is 0 Å². The van der Waals surface area contributed by atoms with E-state index < -0.39 is 0 Å². The maximum atomic E-state index is 12.8. The van der Waals surface area contributed by atoms with Crippen LogP contribution in [0.4, 0.5) is 5.69 Å². The van der Waals surface area contributed by atoms with Gasteiger partial charge in [-0.1, -0.05) is 6.07 Å². The van der Waals surface area contributed by atoms with Gasteiger partial charge in [0, 0.05) is 42.1 Å². The number of likely N-dealkylation sites (tertiary alicyclic amines) is 1. The second-order valence-corrected chi connectivity index (χ2v) is 7.60. The van der Waals surface area contributed by atoms with Crippen LogP contribution in [0.2, 0.25) is 0 Å². The number of hydrogen-bond donors (Lipinski definition) is 1. The Hall–Kier alpha value is -2.69. The highest BCUT2D eigenvalue weighted by atomic mass is 16.2. The van der Waals surface area contributed by atoms with E-state index in [4.69, 9.17) is 0 Å². The lowest BCUT2D eigenvalue weighted by Gasteiger charge is -2.33. The van der Waals surface area contributed by atoms with Crippen molar-refractivity contribution >= 4 is 17.5 Å². The molecule has 0 spiro atoms. The number of rotatable bonds is 6. The predicted molar refractivity (Wildman–Crippen MR) is 111 cm³/mol. The zero-order valence-electron chi connectivity index (χ0n) is 16.8. The molecule has 2 aromatic rings. The number of carbonyl (C=O) groups excluding carboxylic acids is 2. The molecule has 1 aromatic carbocycles. The number of pyridine rings is 1. The van der Waals surface area contributed by atoms with Gasteiger partial charge in [-0.25, -0.2) is 0 Å². The first kappa shape index (κ1) is 20.1. The summed E-state index contributed by atoms with van der Waals surface area (Å²) in [6, 6.07) is 11.7. The minimum atomic E-state index is -0.0113. The van der Waals surface area contributed by atoms with Gasteiger partial charge in [-0.05, 0) is 81.8 Å². The van der Waals surface area contributed by atoms with Crippen LogP contribution in [-0.2, 0) is 11.2 Å². The van der Waals surface area contributed by atoms with E-state index in [9.17, 15) is 9.59 Å². The molecule has 3 rings (SSSR count). The van der Waals surface area contributed by atoms with E-state index in [0.717, 1.165) is 49.2 Å². The lowest BCUT2D eigenvalue weighted by Crippen LogP contribution is -2.42. The van der Waals surface area contributed by atoms with Gasteiger partial charge in [0.05, 0.1) is 0 Å². The molecule has 2 heterocycles. The molecule has 5 heteroatoms. The van der Waals surface area contributed by atoms with Gasteiger partial charge in [0.15, 0.2) is 0 Å². The third-order valence-corrected chi connectivity index (χ3v) is 5.37. The van der Waals surface area contributed by atoms with Gasteiger partial charge in [0.2, 0.25) is 5.91 Å². The number of aromatic nitrogens is 1. The van der Waals surface area contributed by atoms with Crippen LogP contribution in [0.5, 0.6) is 0 Å². The van der Waals surface area contributed by atoms with Gasteiger partial charge in [-0.3, -0.25) is 14.6 Å². The quantitative estimate of drug-likeness (QED) is 0.811. The SMILES string of the molecule is Cc1cc(C(=O)N2CCCCC2C)ccc1NC(=O)CCCc1ccccn1. The van der Waals surface area contributed by atoms with Crippen molar-refractivity contribution in [1.29, 1.82) is 0 Å². The molecule has 28 heavy (non-hydrogen) atoms. The summed E-state index contributed by atoms with van der Waals surface area (Å²) in [4.78, 5) is 31.3. The van der Waals surface area contributed by atoms with Crippen LogP contribution in [0.25, 0.3) is 0 Å². The number of nitrogens with zero attached hydrogens (tertiary/aromatic N) is 2. The Bertz CT molecular complexity index is 820. The maximum absolute atomic E-state index is 12.8. The third-order valence-electron chi connectivity index (χ3n) is 5.37. The highest BCUT2D eigenvalue weighted by Gasteiger charge is 2.24. The Kier molecular flexibility index (Phi) is 6.80. The standard InChI is InChI=1S/C23H29N3O2/c1-17-16-19(23(28)26-15-6-4-8-18(26)2)12-13-21(17)25-22(27)11-7-10-20-9-3-5-14-24-20/h3,5,9,12-14,16,18H,4,6-8,10-11,15H2,1-2H3,(H,25,27). The number of piperidine rings is 1. The van der Waals surface area contributed by atoms with E-state index in [1.165, 1.54) is 6.42 Å². The van der Waals surface area contributed by atoms with E-state index in [1.54, 1.807) is 6.20 Å². The summed E-state index contributed by atoms with van der Waals surface area (Å²) in [6.07, 6.45) is 7.09. The van der Waals surface area contributed by atoms with Crippen molar-refractivity contribution in [3.63, 3.8) is 0 Å². The zero-order valence-corrected chi connectivity index (χ0v) is 16.8. The topological polar surface area (TPSA) is 62.3 Å². The first-order valence-corrected chi connectivity index (χ1v) is 10.2. The lowest BCUT2D eigenvalue weighted by atomic mass is 10.0. The Morgan fingerprint density at radius 3 is 2.79 bits per heavy atom. The molecule has 0 aliphatic carbocycles. The number of carbonyl (C=O) groups is 2. The molecule has 1 atom stereocenters. The lowest BCUT2D eigenvalue weighted by molar-refractivity contribution is -0.116. The largest absolute Gasteiger partial charge is 0.336 e. The summed E-state index contributed by atoms with van der Waals surface area (Å²) < 4.78 is 0. The van der Waals surface area contributed by atoms with Gasteiger partial charge < -0.3 is 10.2 Å². The molecule has 1 saturated heterocycles. The fraction of sp³-hybridized carbons (Fsp3) is 0.435. The average molecular weight is 380 g/mol. The molecule has 1 fully saturated rings. The average Bonchev–Trinajstić information content (AvgIpc) is 2.70. The van der Waals surface area contributed by atoms with Crippen LogP contribution in [0.1, 0.15) is 60.6 Å². The van der Waals surface area contributed by atoms with Crippen LogP contribution in [0.3, 0.4) is 0 Å². The van der Waals surface area contributed by atoms with E-state index in [1.807, 2.05) is 48.2 Å². The zero-order chi connectivity index (χ0) is 19.9. The van der Waals surface area contributed by atoms with Crippen molar-refractivity contribution in [2.75, 3.05) is 11.9 Å². The predicted octanol–water partition coefficient (Wildman–Crippen LogP) is 4.37. The highest BCUT2D eigenvalue weighted by molar-refractivity contribution is 5.96. The number of aryl methyl sites for hydroxylation is 2. The van der Waals surface area contributed by atoms with E-state index in [0.29, 0.717) is 18.0 Å².